The number of amides is 1. The number of halogens is 4. The molecule has 0 aliphatic rings. The van der Waals surface area contributed by atoms with Crippen molar-refractivity contribution in [3.8, 4) is 11.3 Å². The smallest absolute Gasteiger partial charge is 0.322 e. The minimum Gasteiger partial charge on any atom is -0.322 e. The standard InChI is InChI=1S/C25H21ClF3N3O/c1-24(2,3)17-8-4-16(5-9-17)23(33)30-19-10-6-15(7-11-19)21-14-32-13-18(25(27,28)29)12-20(26)22(32)31-21/h4-14H,1-3H3,(H,30,33). The van der Waals surface area contributed by atoms with Gasteiger partial charge in [0.05, 0.1) is 16.3 Å². The van der Waals surface area contributed by atoms with Crippen molar-refractivity contribution in [2.75, 3.05) is 5.32 Å². The molecular formula is C25H21ClF3N3O. The lowest BCUT2D eigenvalue weighted by Gasteiger charge is -2.19. The number of hydrogen-bond donors (Lipinski definition) is 1. The van der Waals surface area contributed by atoms with Gasteiger partial charge in [-0.2, -0.15) is 13.2 Å². The number of alkyl halides is 3. The summed E-state index contributed by atoms with van der Waals surface area (Å²) in [6.45, 7) is 6.32. The van der Waals surface area contributed by atoms with Crippen LogP contribution in [0.5, 0.6) is 0 Å². The normalized spacial score (nSPS) is 12.2. The Morgan fingerprint density at radius 3 is 2.15 bits per heavy atom. The van der Waals surface area contributed by atoms with Crippen LogP contribution >= 0.6 is 11.6 Å². The molecule has 0 spiro atoms. The fraction of sp³-hybridized carbons (Fsp3) is 0.200. The number of nitrogens with zero attached hydrogens (tertiary/aromatic N) is 2. The highest BCUT2D eigenvalue weighted by atomic mass is 35.5. The number of carbonyl (C=O) groups excluding carboxylic acids is 1. The Balaban J connectivity index is 1.53. The Morgan fingerprint density at radius 2 is 1.58 bits per heavy atom. The van der Waals surface area contributed by atoms with Crippen LogP contribution in [0.1, 0.15) is 42.3 Å². The molecule has 0 aliphatic heterocycles. The maximum atomic E-state index is 13.0. The largest absolute Gasteiger partial charge is 0.417 e. The number of imidazole rings is 1. The predicted molar refractivity (Wildman–Crippen MR) is 124 cm³/mol. The number of aromatic nitrogens is 2. The van der Waals surface area contributed by atoms with Gasteiger partial charge in [0.1, 0.15) is 0 Å². The molecule has 1 N–H and O–H groups in total. The van der Waals surface area contributed by atoms with Crippen LogP contribution in [-0.4, -0.2) is 15.3 Å². The van der Waals surface area contributed by atoms with E-state index in [1.165, 1.54) is 10.6 Å². The van der Waals surface area contributed by atoms with Crippen molar-refractivity contribution in [2.45, 2.75) is 32.4 Å². The first kappa shape index (κ1) is 22.9. The van der Waals surface area contributed by atoms with Gasteiger partial charge in [0.25, 0.3) is 5.91 Å². The lowest BCUT2D eigenvalue weighted by Crippen LogP contribution is -2.14. The fourth-order valence-corrected chi connectivity index (χ4v) is 3.66. The van der Waals surface area contributed by atoms with Crippen molar-refractivity contribution in [3.63, 3.8) is 0 Å². The van der Waals surface area contributed by atoms with Gasteiger partial charge in [0, 0.05) is 29.2 Å². The molecule has 2 aromatic heterocycles. The molecule has 0 bridgehead atoms. The van der Waals surface area contributed by atoms with Gasteiger partial charge in [-0.05, 0) is 41.3 Å². The SMILES string of the molecule is CC(C)(C)c1ccc(C(=O)Nc2ccc(-c3cn4cc(C(F)(F)F)cc(Cl)c4n3)cc2)cc1. The van der Waals surface area contributed by atoms with E-state index >= 15 is 0 Å². The molecule has 1 amide bonds. The van der Waals surface area contributed by atoms with E-state index in [4.69, 9.17) is 11.6 Å². The lowest BCUT2D eigenvalue weighted by molar-refractivity contribution is -0.137. The molecule has 0 fully saturated rings. The van der Waals surface area contributed by atoms with Gasteiger partial charge < -0.3 is 9.72 Å². The van der Waals surface area contributed by atoms with E-state index in [0.29, 0.717) is 22.5 Å². The van der Waals surface area contributed by atoms with Crippen molar-refractivity contribution in [1.82, 2.24) is 9.38 Å². The van der Waals surface area contributed by atoms with Crippen molar-refractivity contribution in [2.24, 2.45) is 0 Å². The topological polar surface area (TPSA) is 46.4 Å². The van der Waals surface area contributed by atoms with Gasteiger partial charge in [0.15, 0.2) is 5.65 Å². The second-order valence-corrected chi connectivity index (χ2v) is 9.20. The third-order valence-corrected chi connectivity index (χ3v) is 5.56. The Bertz CT molecular complexity index is 1320. The molecule has 2 heterocycles. The van der Waals surface area contributed by atoms with Crippen LogP contribution in [0, 0.1) is 0 Å². The molecule has 2 aromatic carbocycles. The van der Waals surface area contributed by atoms with E-state index in [9.17, 15) is 18.0 Å². The molecule has 4 nitrogen and oxygen atoms in total. The van der Waals surface area contributed by atoms with Crippen LogP contribution in [0.3, 0.4) is 0 Å². The summed E-state index contributed by atoms with van der Waals surface area (Å²) in [5.74, 6) is -0.234. The molecule has 170 valence electrons. The van der Waals surface area contributed by atoms with Crippen LogP contribution in [0.25, 0.3) is 16.9 Å². The zero-order valence-corrected chi connectivity index (χ0v) is 18.9. The van der Waals surface area contributed by atoms with Gasteiger partial charge in [-0.1, -0.05) is 56.6 Å². The summed E-state index contributed by atoms with van der Waals surface area (Å²) in [5.41, 5.74) is 2.79. The minimum atomic E-state index is -4.50. The molecule has 0 radical (unpaired) electrons. The third-order valence-electron chi connectivity index (χ3n) is 5.29. The van der Waals surface area contributed by atoms with Crippen molar-refractivity contribution in [3.05, 3.63) is 88.7 Å². The maximum absolute atomic E-state index is 13.0. The van der Waals surface area contributed by atoms with Gasteiger partial charge in [-0.3, -0.25) is 4.79 Å². The number of anilines is 1. The summed E-state index contributed by atoms with van der Waals surface area (Å²) in [6, 6.07) is 15.2. The van der Waals surface area contributed by atoms with Crippen molar-refractivity contribution < 1.29 is 18.0 Å². The summed E-state index contributed by atoms with van der Waals surface area (Å²) in [6.07, 6.45) is -2.06. The summed E-state index contributed by atoms with van der Waals surface area (Å²) in [5, 5.41) is 2.76. The minimum absolute atomic E-state index is 0.00129. The Kier molecular flexibility index (Phi) is 5.70. The number of nitrogens with one attached hydrogen (secondary N) is 1. The molecule has 0 atom stereocenters. The number of hydrogen-bond acceptors (Lipinski definition) is 2. The molecule has 0 saturated heterocycles. The molecule has 33 heavy (non-hydrogen) atoms. The second-order valence-electron chi connectivity index (χ2n) is 8.79. The van der Waals surface area contributed by atoms with E-state index in [0.717, 1.165) is 17.8 Å². The van der Waals surface area contributed by atoms with Crippen LogP contribution in [-0.2, 0) is 11.6 Å². The third kappa shape index (κ3) is 4.88. The Labute approximate surface area is 194 Å². The molecule has 0 unspecified atom stereocenters. The first-order valence-corrected chi connectivity index (χ1v) is 10.6. The number of benzene rings is 2. The van der Waals surface area contributed by atoms with Crippen LogP contribution in [0.15, 0.2) is 67.0 Å². The maximum Gasteiger partial charge on any atom is 0.417 e. The monoisotopic (exact) mass is 471 g/mol. The number of carbonyl (C=O) groups is 1. The first-order chi connectivity index (χ1) is 15.4. The number of rotatable bonds is 3. The summed E-state index contributed by atoms with van der Waals surface area (Å²) in [4.78, 5) is 16.9. The van der Waals surface area contributed by atoms with Crippen LogP contribution in [0.2, 0.25) is 5.02 Å². The average molecular weight is 472 g/mol. The van der Waals surface area contributed by atoms with E-state index in [1.807, 2.05) is 12.1 Å². The number of pyridine rings is 1. The molecule has 0 saturated carbocycles. The van der Waals surface area contributed by atoms with E-state index in [-0.39, 0.29) is 22.0 Å². The summed E-state index contributed by atoms with van der Waals surface area (Å²) >= 11 is 6.01. The first-order valence-electron chi connectivity index (χ1n) is 10.2. The lowest BCUT2D eigenvalue weighted by atomic mass is 9.87. The Morgan fingerprint density at radius 1 is 0.939 bits per heavy atom. The molecule has 0 aliphatic carbocycles. The highest BCUT2D eigenvalue weighted by molar-refractivity contribution is 6.33. The second kappa shape index (κ2) is 8.23. The number of fused-ring (bicyclic) bond motifs is 1. The van der Waals surface area contributed by atoms with E-state index < -0.39 is 11.7 Å². The van der Waals surface area contributed by atoms with Gasteiger partial charge >= 0.3 is 6.18 Å². The zero-order valence-electron chi connectivity index (χ0n) is 18.2. The highest BCUT2D eigenvalue weighted by Crippen LogP contribution is 2.33. The average Bonchev–Trinajstić information content (AvgIpc) is 3.18. The van der Waals surface area contributed by atoms with Crippen LogP contribution < -0.4 is 5.32 Å². The van der Waals surface area contributed by atoms with Gasteiger partial charge in [-0.25, -0.2) is 4.98 Å². The van der Waals surface area contributed by atoms with Crippen LogP contribution in [0.4, 0.5) is 18.9 Å². The van der Waals surface area contributed by atoms with Crippen molar-refractivity contribution >= 4 is 28.8 Å². The van der Waals surface area contributed by atoms with Gasteiger partial charge in [0.2, 0.25) is 0 Å². The van der Waals surface area contributed by atoms with E-state index in [2.05, 4.69) is 31.1 Å². The van der Waals surface area contributed by atoms with Crippen molar-refractivity contribution in [1.29, 1.82) is 0 Å². The molecule has 4 rings (SSSR count). The fourth-order valence-electron chi connectivity index (χ4n) is 3.40. The Hall–Kier alpha value is -3.32. The summed E-state index contributed by atoms with van der Waals surface area (Å²) in [7, 11) is 0. The zero-order chi connectivity index (χ0) is 24.0. The highest BCUT2D eigenvalue weighted by Gasteiger charge is 2.32. The molecular weight excluding hydrogens is 451 g/mol. The summed E-state index contributed by atoms with van der Waals surface area (Å²) < 4.78 is 40.4. The van der Waals surface area contributed by atoms with Gasteiger partial charge in [-0.15, -0.1) is 0 Å². The molecule has 8 heteroatoms. The molecule has 4 aromatic rings. The quantitative estimate of drug-likeness (QED) is 0.343. The predicted octanol–water partition coefficient (Wildman–Crippen LogP) is 7.22. The van der Waals surface area contributed by atoms with E-state index in [1.54, 1.807) is 36.4 Å².